The Kier molecular flexibility index (Phi) is 7.77. The number of rotatable bonds is 9. The van der Waals surface area contributed by atoms with Crippen LogP contribution in [0.1, 0.15) is 30.0 Å². The highest BCUT2D eigenvalue weighted by atomic mass is 16.5. The summed E-state index contributed by atoms with van der Waals surface area (Å²) in [6.07, 6.45) is 1.42. The summed E-state index contributed by atoms with van der Waals surface area (Å²) in [6, 6.07) is 7.17. The molecule has 2 aromatic carbocycles. The van der Waals surface area contributed by atoms with Crippen LogP contribution in [0.2, 0.25) is 0 Å². The maximum absolute atomic E-state index is 13.4. The second-order valence-corrected chi connectivity index (χ2v) is 8.61. The first-order valence-corrected chi connectivity index (χ1v) is 11.8. The van der Waals surface area contributed by atoms with E-state index >= 15 is 0 Å². The first-order chi connectivity index (χ1) is 17.9. The number of carbonyl (C=O) groups excluding carboxylic acids is 2. The number of methoxy groups -OCH3 is 5. The van der Waals surface area contributed by atoms with Crippen LogP contribution < -0.4 is 23.7 Å². The van der Waals surface area contributed by atoms with Gasteiger partial charge in [0.1, 0.15) is 5.76 Å². The molecule has 2 fully saturated rings. The lowest BCUT2D eigenvalue weighted by Crippen LogP contribution is -2.36. The minimum absolute atomic E-state index is 0.0653. The van der Waals surface area contributed by atoms with Crippen LogP contribution in [0.4, 0.5) is 0 Å². The van der Waals surface area contributed by atoms with Gasteiger partial charge >= 0.3 is 0 Å². The molecule has 10 heteroatoms. The lowest BCUT2D eigenvalue weighted by atomic mass is 9.94. The minimum Gasteiger partial charge on any atom is -0.507 e. The fourth-order valence-corrected chi connectivity index (χ4v) is 4.82. The predicted molar refractivity (Wildman–Crippen MR) is 134 cm³/mol. The molecule has 2 aromatic rings. The Bertz CT molecular complexity index is 1190. The molecule has 2 atom stereocenters. The number of amides is 1. The number of carbonyl (C=O) groups is 2. The average Bonchev–Trinajstić information content (AvgIpc) is 3.53. The van der Waals surface area contributed by atoms with Gasteiger partial charge < -0.3 is 38.4 Å². The van der Waals surface area contributed by atoms with Crippen molar-refractivity contribution >= 4 is 17.4 Å². The van der Waals surface area contributed by atoms with Gasteiger partial charge in [0, 0.05) is 18.7 Å². The van der Waals surface area contributed by atoms with Crippen LogP contribution in [0, 0.1) is 0 Å². The van der Waals surface area contributed by atoms with Crippen molar-refractivity contribution in [3.8, 4) is 28.7 Å². The summed E-state index contributed by atoms with van der Waals surface area (Å²) in [6.45, 7) is 0.781. The Morgan fingerprint density at radius 2 is 1.57 bits per heavy atom. The molecule has 0 aliphatic carbocycles. The van der Waals surface area contributed by atoms with E-state index in [-0.39, 0.29) is 24.0 Å². The molecule has 0 saturated carbocycles. The van der Waals surface area contributed by atoms with E-state index in [2.05, 4.69) is 0 Å². The van der Waals surface area contributed by atoms with Crippen LogP contribution in [0.5, 0.6) is 28.7 Å². The molecule has 1 N–H and O–H groups in total. The topological polar surface area (TPSA) is 113 Å². The van der Waals surface area contributed by atoms with Crippen molar-refractivity contribution in [2.75, 3.05) is 48.7 Å². The molecule has 2 aliphatic heterocycles. The Balaban J connectivity index is 1.92. The van der Waals surface area contributed by atoms with E-state index in [0.717, 1.165) is 12.8 Å². The van der Waals surface area contributed by atoms with Crippen LogP contribution in [0.3, 0.4) is 0 Å². The highest BCUT2D eigenvalue weighted by Crippen LogP contribution is 2.46. The molecule has 0 radical (unpaired) electrons. The Morgan fingerprint density at radius 1 is 0.919 bits per heavy atom. The van der Waals surface area contributed by atoms with Crippen molar-refractivity contribution in [3.05, 3.63) is 47.0 Å². The summed E-state index contributed by atoms with van der Waals surface area (Å²) in [5, 5.41) is 11.4. The number of aliphatic hydroxyl groups is 1. The largest absolute Gasteiger partial charge is 0.507 e. The molecule has 0 bridgehead atoms. The number of aliphatic hydroxyl groups excluding tert-OH is 1. The predicted octanol–water partition coefficient (Wildman–Crippen LogP) is 3.33. The number of likely N-dealkylation sites (tertiary alicyclic amines) is 1. The molecule has 2 aliphatic rings. The number of benzene rings is 2. The van der Waals surface area contributed by atoms with E-state index in [0.29, 0.717) is 46.5 Å². The average molecular weight is 514 g/mol. The Morgan fingerprint density at radius 3 is 2.11 bits per heavy atom. The standard InChI is InChI=1S/C27H31NO9/c1-32-18-9-8-15(11-19(18)33-2)24(29)22-23(16-12-20(34-3)26(36-5)21(13-16)35-4)28(27(31)25(22)30)14-17-7-6-10-37-17/h8-9,11-13,17,23,29H,6-7,10,14H2,1-5H3. The number of nitrogens with zero attached hydrogens (tertiary/aromatic N) is 1. The third kappa shape index (κ3) is 4.76. The monoisotopic (exact) mass is 513 g/mol. The summed E-state index contributed by atoms with van der Waals surface area (Å²) in [5.74, 6) is 0.0257. The second-order valence-electron chi connectivity index (χ2n) is 8.61. The molecular weight excluding hydrogens is 482 g/mol. The van der Waals surface area contributed by atoms with Gasteiger partial charge in [-0.2, -0.15) is 0 Å². The first-order valence-electron chi connectivity index (χ1n) is 11.8. The minimum atomic E-state index is -0.925. The van der Waals surface area contributed by atoms with E-state index in [1.807, 2.05) is 0 Å². The summed E-state index contributed by atoms with van der Waals surface area (Å²) in [7, 11) is 7.42. The molecule has 2 heterocycles. The van der Waals surface area contributed by atoms with Crippen LogP contribution >= 0.6 is 0 Å². The van der Waals surface area contributed by atoms with Gasteiger partial charge in [-0.05, 0) is 48.7 Å². The van der Waals surface area contributed by atoms with Crippen molar-refractivity contribution in [1.82, 2.24) is 4.90 Å². The van der Waals surface area contributed by atoms with E-state index in [1.165, 1.54) is 40.4 Å². The lowest BCUT2D eigenvalue weighted by molar-refractivity contribution is -0.140. The summed E-state index contributed by atoms with van der Waals surface area (Å²) in [5.41, 5.74) is 0.739. The molecule has 2 unspecified atom stereocenters. The summed E-state index contributed by atoms with van der Waals surface area (Å²) >= 11 is 0. The quantitative estimate of drug-likeness (QED) is 0.306. The summed E-state index contributed by atoms with van der Waals surface area (Å²) < 4.78 is 32.9. The Labute approximate surface area is 215 Å². The number of hydrogen-bond acceptors (Lipinski definition) is 9. The first kappa shape index (κ1) is 26.2. The molecule has 4 rings (SSSR count). The van der Waals surface area contributed by atoms with Gasteiger partial charge in [-0.25, -0.2) is 0 Å². The molecule has 0 aromatic heterocycles. The van der Waals surface area contributed by atoms with E-state index < -0.39 is 17.7 Å². The fourth-order valence-electron chi connectivity index (χ4n) is 4.82. The van der Waals surface area contributed by atoms with E-state index in [9.17, 15) is 14.7 Å². The van der Waals surface area contributed by atoms with Gasteiger partial charge in [0.25, 0.3) is 11.7 Å². The third-order valence-electron chi connectivity index (χ3n) is 6.62. The molecule has 0 spiro atoms. The van der Waals surface area contributed by atoms with E-state index in [1.54, 1.807) is 30.3 Å². The number of Topliss-reactive ketones (excluding diaryl/α,β-unsaturated/α-hetero) is 1. The lowest BCUT2D eigenvalue weighted by Gasteiger charge is -2.28. The van der Waals surface area contributed by atoms with Crippen molar-refractivity contribution in [1.29, 1.82) is 0 Å². The van der Waals surface area contributed by atoms with Crippen LogP contribution in [-0.4, -0.2) is 76.5 Å². The second kappa shape index (κ2) is 11.0. The van der Waals surface area contributed by atoms with Crippen molar-refractivity contribution in [2.24, 2.45) is 0 Å². The van der Waals surface area contributed by atoms with Crippen LogP contribution in [0.15, 0.2) is 35.9 Å². The van der Waals surface area contributed by atoms with Crippen molar-refractivity contribution in [2.45, 2.75) is 25.0 Å². The number of hydrogen-bond donors (Lipinski definition) is 1. The zero-order valence-corrected chi connectivity index (χ0v) is 21.5. The zero-order chi connectivity index (χ0) is 26.7. The van der Waals surface area contributed by atoms with Gasteiger partial charge in [0.15, 0.2) is 23.0 Å². The fraction of sp³-hybridized carbons (Fsp3) is 0.407. The zero-order valence-electron chi connectivity index (χ0n) is 21.5. The highest BCUT2D eigenvalue weighted by Gasteiger charge is 2.47. The number of ketones is 1. The third-order valence-corrected chi connectivity index (χ3v) is 6.62. The molecule has 10 nitrogen and oxygen atoms in total. The molecule has 2 saturated heterocycles. The number of ether oxygens (including phenoxy) is 6. The van der Waals surface area contributed by atoms with Gasteiger partial charge in [-0.3, -0.25) is 9.59 Å². The molecule has 198 valence electrons. The maximum atomic E-state index is 13.4. The molecule has 1 amide bonds. The van der Waals surface area contributed by atoms with E-state index in [4.69, 9.17) is 28.4 Å². The SMILES string of the molecule is COc1ccc(C(O)=C2C(=O)C(=O)N(CC3CCCO3)C2c2cc(OC)c(OC)c(OC)c2)cc1OC. The van der Waals surface area contributed by atoms with Gasteiger partial charge in [0.05, 0.1) is 53.3 Å². The van der Waals surface area contributed by atoms with Crippen molar-refractivity contribution in [3.63, 3.8) is 0 Å². The Hall–Kier alpha value is -3.92. The van der Waals surface area contributed by atoms with Crippen LogP contribution in [-0.2, 0) is 14.3 Å². The molecule has 37 heavy (non-hydrogen) atoms. The maximum Gasteiger partial charge on any atom is 0.295 e. The van der Waals surface area contributed by atoms with Gasteiger partial charge in [-0.1, -0.05) is 0 Å². The molecular formula is C27H31NO9. The van der Waals surface area contributed by atoms with Crippen molar-refractivity contribution < 1.29 is 43.1 Å². The highest BCUT2D eigenvalue weighted by molar-refractivity contribution is 6.46. The normalized spacial score (nSPS) is 20.7. The van der Waals surface area contributed by atoms with Gasteiger partial charge in [0.2, 0.25) is 5.75 Å². The van der Waals surface area contributed by atoms with Crippen LogP contribution in [0.25, 0.3) is 5.76 Å². The van der Waals surface area contributed by atoms with Gasteiger partial charge in [-0.15, -0.1) is 0 Å². The summed E-state index contributed by atoms with van der Waals surface area (Å²) in [4.78, 5) is 28.2. The smallest absolute Gasteiger partial charge is 0.295 e.